The summed E-state index contributed by atoms with van der Waals surface area (Å²) in [6.45, 7) is 6.78. The highest BCUT2D eigenvalue weighted by atomic mass is 16.7. The normalized spacial score (nSPS) is 26.9. The van der Waals surface area contributed by atoms with Crippen molar-refractivity contribution in [2.24, 2.45) is 5.92 Å². The van der Waals surface area contributed by atoms with Gasteiger partial charge in [-0.05, 0) is 62.1 Å². The van der Waals surface area contributed by atoms with Gasteiger partial charge >= 0.3 is 6.16 Å². The van der Waals surface area contributed by atoms with Gasteiger partial charge in [0.1, 0.15) is 6.10 Å². The van der Waals surface area contributed by atoms with E-state index in [0.717, 1.165) is 70.0 Å². The highest BCUT2D eigenvalue weighted by Gasteiger charge is 2.49. The molecule has 9 heteroatoms. The average molecular weight is 533 g/mol. The van der Waals surface area contributed by atoms with E-state index in [4.69, 9.17) is 18.9 Å². The molecule has 0 spiro atoms. The van der Waals surface area contributed by atoms with E-state index < -0.39 is 12.3 Å². The van der Waals surface area contributed by atoms with E-state index in [1.54, 1.807) is 7.11 Å². The molecule has 1 saturated heterocycles. The second-order valence-electron chi connectivity index (χ2n) is 10.8. The lowest BCUT2D eigenvalue weighted by Gasteiger charge is -2.38. The Morgan fingerprint density at radius 3 is 2.37 bits per heavy atom. The number of rotatable bonds is 12. The van der Waals surface area contributed by atoms with E-state index in [9.17, 15) is 14.7 Å². The summed E-state index contributed by atoms with van der Waals surface area (Å²) in [4.78, 5) is 29.8. The van der Waals surface area contributed by atoms with Gasteiger partial charge in [0.05, 0.1) is 18.7 Å². The molecule has 2 aliphatic heterocycles. The van der Waals surface area contributed by atoms with E-state index in [1.807, 2.05) is 23.1 Å². The number of carboxylic acid groups (broad SMARTS) is 1. The van der Waals surface area contributed by atoms with Crippen LogP contribution in [0, 0.1) is 5.92 Å². The maximum absolute atomic E-state index is 13.6. The largest absolute Gasteiger partial charge is 0.506 e. The van der Waals surface area contributed by atoms with Crippen molar-refractivity contribution >= 4 is 12.1 Å². The SMILES string of the molecule is CCCCN(CCCC)C(=O)CN1C[C@H](c2ccc3c(c2)OCO3)[C@H](OC(=O)O)[C@H]1C1CCC(OC)CC1. The van der Waals surface area contributed by atoms with E-state index in [-0.39, 0.29) is 43.2 Å². The zero-order chi connectivity index (χ0) is 27.1. The molecule has 9 nitrogen and oxygen atoms in total. The highest BCUT2D eigenvalue weighted by Crippen LogP contribution is 2.44. The Bertz CT molecular complexity index is 926. The first kappa shape index (κ1) is 28.5. The van der Waals surface area contributed by atoms with Crippen LogP contribution in [0.1, 0.15) is 76.7 Å². The van der Waals surface area contributed by atoms with Gasteiger partial charge < -0.3 is 29.0 Å². The smallest absolute Gasteiger partial charge is 0.454 e. The number of likely N-dealkylation sites (tertiary alicyclic amines) is 1. The monoisotopic (exact) mass is 532 g/mol. The number of nitrogens with zero attached hydrogens (tertiary/aromatic N) is 2. The Labute approximate surface area is 226 Å². The van der Waals surface area contributed by atoms with Gasteiger partial charge in [-0.2, -0.15) is 0 Å². The van der Waals surface area contributed by atoms with Crippen LogP contribution in [0.15, 0.2) is 18.2 Å². The first-order valence-corrected chi connectivity index (χ1v) is 14.3. The van der Waals surface area contributed by atoms with Gasteiger partial charge in [0.15, 0.2) is 11.5 Å². The van der Waals surface area contributed by atoms with Crippen LogP contribution in [-0.4, -0.2) is 85.3 Å². The highest BCUT2D eigenvalue weighted by molar-refractivity contribution is 5.78. The number of hydrogen-bond donors (Lipinski definition) is 1. The van der Waals surface area contributed by atoms with Crippen LogP contribution < -0.4 is 9.47 Å². The van der Waals surface area contributed by atoms with Crippen molar-refractivity contribution < 1.29 is 33.6 Å². The second-order valence-corrected chi connectivity index (χ2v) is 10.8. The molecule has 212 valence electrons. The number of methoxy groups -OCH3 is 1. The number of amides is 1. The molecule has 3 atom stereocenters. The number of benzene rings is 1. The van der Waals surface area contributed by atoms with Crippen molar-refractivity contribution in [1.82, 2.24) is 9.80 Å². The van der Waals surface area contributed by atoms with Gasteiger partial charge in [-0.15, -0.1) is 0 Å². The minimum absolute atomic E-state index is 0.114. The van der Waals surface area contributed by atoms with E-state index in [1.165, 1.54) is 0 Å². The number of unbranched alkanes of at least 4 members (excludes halogenated alkanes) is 2. The number of carbonyl (C=O) groups is 2. The van der Waals surface area contributed by atoms with Crippen molar-refractivity contribution in [1.29, 1.82) is 0 Å². The minimum atomic E-state index is -1.28. The standard InChI is InChI=1S/C29H44N2O7/c1-4-6-14-30(15-7-5-2)26(32)18-31-17-23(21-10-13-24-25(16-21)37-19-36-24)28(38-29(33)34)27(31)20-8-11-22(35-3)12-9-20/h10,13,16,20,22-23,27-28H,4-9,11-12,14-15,17-19H2,1-3H3,(H,33,34)/t20?,22?,23-,27-,28+/m1/s1. The van der Waals surface area contributed by atoms with Crippen LogP contribution in [0.5, 0.6) is 11.5 Å². The third kappa shape index (κ3) is 6.72. The molecule has 38 heavy (non-hydrogen) atoms. The lowest BCUT2D eigenvalue weighted by Crippen LogP contribution is -2.49. The maximum Gasteiger partial charge on any atom is 0.506 e. The third-order valence-electron chi connectivity index (χ3n) is 8.44. The van der Waals surface area contributed by atoms with Gasteiger partial charge in [0, 0.05) is 32.7 Å². The third-order valence-corrected chi connectivity index (χ3v) is 8.44. The number of fused-ring (bicyclic) bond motifs is 1. The zero-order valence-corrected chi connectivity index (χ0v) is 23.1. The summed E-state index contributed by atoms with van der Waals surface area (Å²) in [5.74, 6) is 1.47. The van der Waals surface area contributed by atoms with Crippen LogP contribution in [0.2, 0.25) is 0 Å². The van der Waals surface area contributed by atoms with Crippen molar-refractivity contribution in [3.05, 3.63) is 23.8 Å². The van der Waals surface area contributed by atoms with Crippen molar-refractivity contribution in [3.8, 4) is 11.5 Å². The summed E-state index contributed by atoms with van der Waals surface area (Å²) >= 11 is 0. The van der Waals surface area contributed by atoms with E-state index >= 15 is 0 Å². The molecule has 1 aliphatic carbocycles. The average Bonchev–Trinajstić information content (AvgIpc) is 3.52. The van der Waals surface area contributed by atoms with Crippen molar-refractivity contribution in [2.75, 3.05) is 40.1 Å². The van der Waals surface area contributed by atoms with Gasteiger partial charge in [-0.3, -0.25) is 9.69 Å². The minimum Gasteiger partial charge on any atom is -0.454 e. The Morgan fingerprint density at radius 1 is 1.05 bits per heavy atom. The predicted molar refractivity (Wildman–Crippen MR) is 143 cm³/mol. The van der Waals surface area contributed by atoms with Crippen LogP contribution in [0.3, 0.4) is 0 Å². The molecule has 1 amide bonds. The Morgan fingerprint density at radius 2 is 1.74 bits per heavy atom. The fraction of sp³-hybridized carbons (Fsp3) is 0.724. The fourth-order valence-electron chi connectivity index (χ4n) is 6.37. The van der Waals surface area contributed by atoms with E-state index in [2.05, 4.69) is 18.7 Å². The van der Waals surface area contributed by atoms with Crippen LogP contribution in [0.4, 0.5) is 4.79 Å². The second kappa shape index (κ2) is 13.5. The van der Waals surface area contributed by atoms with Crippen molar-refractivity contribution in [2.45, 2.75) is 89.4 Å². The molecule has 0 unspecified atom stereocenters. The molecule has 3 aliphatic rings. The molecule has 0 aromatic heterocycles. The molecule has 2 heterocycles. The molecule has 1 aromatic rings. The Hall–Kier alpha value is -2.52. The summed E-state index contributed by atoms with van der Waals surface area (Å²) in [7, 11) is 1.75. The first-order chi connectivity index (χ1) is 18.4. The van der Waals surface area contributed by atoms with Gasteiger partial charge in [-0.25, -0.2) is 4.79 Å². The summed E-state index contributed by atoms with van der Waals surface area (Å²) in [5, 5.41) is 9.76. The molecular formula is C29H44N2O7. The molecule has 1 aromatic carbocycles. The Kier molecular flexibility index (Phi) is 10.1. The van der Waals surface area contributed by atoms with E-state index in [0.29, 0.717) is 18.0 Å². The molecule has 4 rings (SSSR count). The Balaban J connectivity index is 1.62. The first-order valence-electron chi connectivity index (χ1n) is 14.3. The summed E-state index contributed by atoms with van der Waals surface area (Å²) in [6.07, 6.45) is 6.06. The molecule has 1 N–H and O–H groups in total. The molecular weight excluding hydrogens is 488 g/mol. The van der Waals surface area contributed by atoms with Crippen molar-refractivity contribution in [3.63, 3.8) is 0 Å². The molecule has 1 saturated carbocycles. The number of carbonyl (C=O) groups excluding carboxylic acids is 1. The zero-order valence-electron chi connectivity index (χ0n) is 23.1. The number of ether oxygens (including phenoxy) is 4. The lowest BCUT2D eigenvalue weighted by molar-refractivity contribution is -0.133. The molecule has 2 fully saturated rings. The molecule has 0 radical (unpaired) electrons. The predicted octanol–water partition coefficient (Wildman–Crippen LogP) is 4.88. The van der Waals surface area contributed by atoms with Gasteiger partial charge in [0.2, 0.25) is 12.7 Å². The van der Waals surface area contributed by atoms with Crippen LogP contribution in [-0.2, 0) is 14.3 Å². The van der Waals surface area contributed by atoms with Crippen LogP contribution >= 0.6 is 0 Å². The molecule has 0 bridgehead atoms. The summed E-state index contributed by atoms with van der Waals surface area (Å²) in [6, 6.07) is 5.60. The lowest BCUT2D eigenvalue weighted by atomic mass is 9.79. The van der Waals surface area contributed by atoms with Gasteiger partial charge in [-0.1, -0.05) is 32.8 Å². The summed E-state index contributed by atoms with van der Waals surface area (Å²) < 4.78 is 22.4. The fourth-order valence-corrected chi connectivity index (χ4v) is 6.37. The summed E-state index contributed by atoms with van der Waals surface area (Å²) in [5.41, 5.74) is 0.944. The maximum atomic E-state index is 13.6. The quantitative estimate of drug-likeness (QED) is 0.381. The number of hydrogen-bond acceptors (Lipinski definition) is 7. The van der Waals surface area contributed by atoms with Gasteiger partial charge in [0.25, 0.3) is 0 Å². The van der Waals surface area contributed by atoms with Crippen LogP contribution in [0.25, 0.3) is 0 Å². The topological polar surface area (TPSA) is 97.8 Å².